The second kappa shape index (κ2) is 7.21. The average molecular weight is 354 g/mol. The fourth-order valence-electron chi connectivity index (χ4n) is 2.54. The number of sulfonamides is 1. The van der Waals surface area contributed by atoms with Crippen molar-refractivity contribution in [3.05, 3.63) is 29.8 Å². The molecular weight excluding hydrogens is 328 g/mol. The zero-order valence-corrected chi connectivity index (χ0v) is 15.5. The highest BCUT2D eigenvalue weighted by Gasteiger charge is 2.27. The van der Waals surface area contributed by atoms with Crippen molar-refractivity contribution in [1.29, 1.82) is 0 Å². The van der Waals surface area contributed by atoms with E-state index in [0.29, 0.717) is 26.3 Å². The van der Waals surface area contributed by atoms with Gasteiger partial charge in [0.2, 0.25) is 15.9 Å². The van der Waals surface area contributed by atoms with Crippen LogP contribution in [0, 0.1) is 0 Å². The zero-order chi connectivity index (χ0) is 18.0. The normalized spacial score (nSPS) is 17.6. The molecule has 0 unspecified atom stereocenters. The first-order valence-corrected chi connectivity index (χ1v) is 9.59. The molecule has 1 aliphatic rings. The number of hydrogen-bond acceptors (Lipinski definition) is 4. The van der Waals surface area contributed by atoms with Crippen molar-refractivity contribution in [2.24, 2.45) is 0 Å². The van der Waals surface area contributed by atoms with Crippen LogP contribution < -0.4 is 4.72 Å². The molecule has 1 fully saturated rings. The average Bonchev–Trinajstić information content (AvgIpc) is 2.54. The van der Waals surface area contributed by atoms with E-state index in [2.05, 4.69) is 25.5 Å². The smallest absolute Gasteiger partial charge is 0.241 e. The van der Waals surface area contributed by atoms with Crippen LogP contribution in [0.25, 0.3) is 0 Å². The number of morpholine rings is 1. The van der Waals surface area contributed by atoms with Crippen LogP contribution in [0.2, 0.25) is 0 Å². The lowest BCUT2D eigenvalue weighted by molar-refractivity contribution is -0.136. The van der Waals surface area contributed by atoms with Crippen LogP contribution in [0.5, 0.6) is 0 Å². The van der Waals surface area contributed by atoms with E-state index in [1.54, 1.807) is 24.0 Å². The summed E-state index contributed by atoms with van der Waals surface area (Å²) in [6.45, 7) is 9.72. The molecule has 0 radical (unpaired) electrons. The van der Waals surface area contributed by atoms with Crippen LogP contribution in [0.4, 0.5) is 0 Å². The van der Waals surface area contributed by atoms with Gasteiger partial charge < -0.3 is 9.64 Å². The van der Waals surface area contributed by atoms with E-state index in [9.17, 15) is 13.2 Å². The topological polar surface area (TPSA) is 75.7 Å². The minimum atomic E-state index is -3.73. The number of ether oxygens (including phenoxy) is 1. The van der Waals surface area contributed by atoms with E-state index >= 15 is 0 Å². The molecule has 1 aromatic carbocycles. The van der Waals surface area contributed by atoms with Crippen molar-refractivity contribution >= 4 is 15.9 Å². The molecule has 24 heavy (non-hydrogen) atoms. The predicted octanol–water partition coefficient (Wildman–Crippen LogP) is 1.51. The van der Waals surface area contributed by atoms with Crippen LogP contribution in [0.3, 0.4) is 0 Å². The molecule has 0 aromatic heterocycles. The Bertz CT molecular complexity index is 672. The third-order valence-electron chi connectivity index (χ3n) is 4.06. The van der Waals surface area contributed by atoms with Crippen LogP contribution >= 0.6 is 0 Å². The molecule has 1 atom stereocenters. The number of amides is 1. The summed E-state index contributed by atoms with van der Waals surface area (Å²) in [7, 11) is -3.73. The van der Waals surface area contributed by atoms with Crippen molar-refractivity contribution < 1.29 is 17.9 Å². The third kappa shape index (κ3) is 4.55. The summed E-state index contributed by atoms with van der Waals surface area (Å²) in [5, 5.41) is 0. The Morgan fingerprint density at radius 2 is 1.71 bits per heavy atom. The summed E-state index contributed by atoms with van der Waals surface area (Å²) < 4.78 is 32.6. The van der Waals surface area contributed by atoms with E-state index in [0.717, 1.165) is 5.56 Å². The fourth-order valence-corrected chi connectivity index (χ4v) is 3.74. The van der Waals surface area contributed by atoms with Crippen molar-refractivity contribution in [3.8, 4) is 0 Å². The van der Waals surface area contributed by atoms with Gasteiger partial charge in [-0.25, -0.2) is 8.42 Å². The van der Waals surface area contributed by atoms with Crippen LogP contribution in [0.1, 0.15) is 33.3 Å². The Hall–Kier alpha value is -1.44. The number of carbonyl (C=O) groups excluding carboxylic acids is 1. The molecule has 0 aliphatic carbocycles. The van der Waals surface area contributed by atoms with Crippen molar-refractivity contribution in [1.82, 2.24) is 9.62 Å². The number of carbonyl (C=O) groups is 1. The van der Waals surface area contributed by atoms with Gasteiger partial charge in [0.25, 0.3) is 0 Å². The van der Waals surface area contributed by atoms with Gasteiger partial charge in [0.1, 0.15) is 0 Å². The first kappa shape index (κ1) is 18.9. The molecule has 0 bridgehead atoms. The Kier molecular flexibility index (Phi) is 5.67. The second-order valence-electron chi connectivity index (χ2n) is 7.06. The summed E-state index contributed by atoms with van der Waals surface area (Å²) >= 11 is 0. The third-order valence-corrected chi connectivity index (χ3v) is 5.61. The molecule has 0 spiro atoms. The van der Waals surface area contributed by atoms with E-state index < -0.39 is 16.1 Å². The number of nitrogens with one attached hydrogen (secondary N) is 1. The molecule has 2 rings (SSSR count). The van der Waals surface area contributed by atoms with Crippen LogP contribution in [0.15, 0.2) is 29.2 Å². The predicted molar refractivity (Wildman–Crippen MR) is 92.3 cm³/mol. The van der Waals surface area contributed by atoms with Crippen LogP contribution in [-0.2, 0) is 25.0 Å². The maximum absolute atomic E-state index is 12.5. The maximum Gasteiger partial charge on any atom is 0.241 e. The molecular formula is C17H26N2O4S. The fraction of sp³-hybridized carbons (Fsp3) is 0.588. The van der Waals surface area contributed by atoms with Gasteiger partial charge in [0.15, 0.2) is 0 Å². The zero-order valence-electron chi connectivity index (χ0n) is 14.7. The van der Waals surface area contributed by atoms with E-state index in [4.69, 9.17) is 4.74 Å². The largest absolute Gasteiger partial charge is 0.378 e. The van der Waals surface area contributed by atoms with Gasteiger partial charge >= 0.3 is 0 Å². The van der Waals surface area contributed by atoms with Gasteiger partial charge in [0.05, 0.1) is 24.2 Å². The van der Waals surface area contributed by atoms with Gasteiger partial charge in [-0.3, -0.25) is 4.79 Å². The molecule has 1 N–H and O–H groups in total. The first-order valence-electron chi connectivity index (χ1n) is 8.11. The molecule has 1 aliphatic heterocycles. The molecule has 134 valence electrons. The van der Waals surface area contributed by atoms with E-state index in [-0.39, 0.29) is 16.2 Å². The minimum absolute atomic E-state index is 0.0463. The Morgan fingerprint density at radius 3 is 2.21 bits per heavy atom. The van der Waals surface area contributed by atoms with Crippen molar-refractivity contribution in [2.75, 3.05) is 26.3 Å². The number of nitrogens with zero attached hydrogens (tertiary/aromatic N) is 1. The first-order chi connectivity index (χ1) is 11.1. The lowest BCUT2D eigenvalue weighted by atomic mass is 9.87. The number of hydrogen-bond donors (Lipinski definition) is 1. The highest BCUT2D eigenvalue weighted by molar-refractivity contribution is 7.89. The Morgan fingerprint density at radius 1 is 1.17 bits per heavy atom. The van der Waals surface area contributed by atoms with Crippen molar-refractivity contribution in [2.45, 2.75) is 44.0 Å². The number of rotatable bonds is 4. The summed E-state index contributed by atoms with van der Waals surface area (Å²) in [6.07, 6.45) is 0. The summed E-state index contributed by atoms with van der Waals surface area (Å²) in [6, 6.07) is 5.96. The van der Waals surface area contributed by atoms with Gasteiger partial charge in [-0.2, -0.15) is 4.72 Å². The summed E-state index contributed by atoms with van der Waals surface area (Å²) in [5.74, 6) is -0.229. The maximum atomic E-state index is 12.5. The second-order valence-corrected chi connectivity index (χ2v) is 8.77. The number of benzene rings is 1. The lowest BCUT2D eigenvalue weighted by Crippen LogP contribution is -2.50. The Balaban J connectivity index is 2.08. The highest BCUT2D eigenvalue weighted by Crippen LogP contribution is 2.23. The highest BCUT2D eigenvalue weighted by atomic mass is 32.2. The molecule has 1 saturated heterocycles. The lowest BCUT2D eigenvalue weighted by Gasteiger charge is -2.29. The standard InChI is InChI=1S/C17H26N2O4S/c1-13(16(20)19-9-11-23-12-10-19)18-24(21,22)15-7-5-14(6-8-15)17(2,3)4/h5-8,13,18H,9-12H2,1-4H3/t13-/m0/s1. The SMILES string of the molecule is C[C@H](NS(=O)(=O)c1ccc(C(C)(C)C)cc1)C(=O)N1CCOCC1. The van der Waals surface area contributed by atoms with Crippen LogP contribution in [-0.4, -0.2) is 51.6 Å². The van der Waals surface area contributed by atoms with Crippen molar-refractivity contribution in [3.63, 3.8) is 0 Å². The molecule has 6 nitrogen and oxygen atoms in total. The minimum Gasteiger partial charge on any atom is -0.378 e. The van der Waals surface area contributed by atoms with Gasteiger partial charge in [-0.1, -0.05) is 32.9 Å². The monoisotopic (exact) mass is 354 g/mol. The Labute approximate surface area is 144 Å². The van der Waals surface area contributed by atoms with Gasteiger partial charge in [0, 0.05) is 13.1 Å². The quantitative estimate of drug-likeness (QED) is 0.889. The molecule has 1 amide bonds. The summed E-state index contributed by atoms with van der Waals surface area (Å²) in [4.78, 5) is 14.1. The molecule has 7 heteroatoms. The van der Waals surface area contributed by atoms with E-state index in [1.807, 2.05) is 12.1 Å². The molecule has 0 saturated carbocycles. The van der Waals surface area contributed by atoms with Gasteiger partial charge in [-0.15, -0.1) is 0 Å². The molecule has 1 aromatic rings. The van der Waals surface area contributed by atoms with Gasteiger partial charge in [-0.05, 0) is 30.0 Å². The molecule has 1 heterocycles. The van der Waals surface area contributed by atoms with E-state index in [1.165, 1.54) is 0 Å². The summed E-state index contributed by atoms with van der Waals surface area (Å²) in [5.41, 5.74) is 1.01.